The van der Waals surface area contributed by atoms with Gasteiger partial charge in [0, 0.05) is 11.8 Å². The minimum absolute atomic E-state index is 0.00737. The Labute approximate surface area is 112 Å². The normalized spacial score (nSPS) is 19.4. The molecule has 1 aliphatic rings. The molecule has 0 radical (unpaired) electrons. The molecule has 18 heavy (non-hydrogen) atoms. The van der Waals surface area contributed by atoms with E-state index in [9.17, 15) is 10.1 Å². The molecule has 1 aromatic heterocycles. The van der Waals surface area contributed by atoms with E-state index < -0.39 is 4.92 Å². The van der Waals surface area contributed by atoms with Crippen LogP contribution in [0.1, 0.15) is 38.4 Å². The van der Waals surface area contributed by atoms with Gasteiger partial charge < -0.3 is 0 Å². The molecule has 1 aliphatic carbocycles. The number of nitro groups is 1. The Morgan fingerprint density at radius 2 is 2.17 bits per heavy atom. The van der Waals surface area contributed by atoms with Crippen molar-refractivity contribution in [2.45, 2.75) is 40.0 Å². The molecule has 0 N–H and O–H groups in total. The van der Waals surface area contributed by atoms with Crippen LogP contribution >= 0.6 is 11.6 Å². The first-order valence-corrected chi connectivity index (χ1v) is 6.49. The Hall–Kier alpha value is -1.16. The summed E-state index contributed by atoms with van der Waals surface area (Å²) in [5, 5.41) is 10.9. The van der Waals surface area contributed by atoms with E-state index in [2.05, 4.69) is 25.8 Å². The van der Waals surface area contributed by atoms with Gasteiger partial charge in [0.05, 0.1) is 4.92 Å². The zero-order chi connectivity index (χ0) is 13.5. The van der Waals surface area contributed by atoms with Crippen molar-refractivity contribution >= 4 is 17.3 Å². The standard InChI is InChI=1S/C13H17ClN2O2/c1-13(2,3)9-4-5-10-8(6-9)7-11(16(17)18)12(14)15-10/h7,9H,4-6H2,1-3H3. The van der Waals surface area contributed by atoms with E-state index in [4.69, 9.17) is 11.6 Å². The van der Waals surface area contributed by atoms with Crippen LogP contribution in [0.3, 0.4) is 0 Å². The predicted molar refractivity (Wildman–Crippen MR) is 70.9 cm³/mol. The number of hydrogen-bond acceptors (Lipinski definition) is 3. The second kappa shape index (κ2) is 4.50. The SMILES string of the molecule is CC(C)(C)C1CCc2nc(Cl)c([N+](=O)[O-])cc2C1. The summed E-state index contributed by atoms with van der Waals surface area (Å²) in [7, 11) is 0. The predicted octanol–water partition coefficient (Wildman–Crippen LogP) is 3.79. The molecule has 4 nitrogen and oxygen atoms in total. The van der Waals surface area contributed by atoms with Gasteiger partial charge in [0.2, 0.25) is 5.15 Å². The van der Waals surface area contributed by atoms with Crippen LogP contribution in [-0.2, 0) is 12.8 Å². The summed E-state index contributed by atoms with van der Waals surface area (Å²) in [6.45, 7) is 6.63. The molecule has 98 valence electrons. The fourth-order valence-corrected chi connectivity index (χ4v) is 2.72. The van der Waals surface area contributed by atoms with E-state index in [1.807, 2.05) is 0 Å². The minimum Gasteiger partial charge on any atom is -0.258 e. The van der Waals surface area contributed by atoms with E-state index in [1.165, 1.54) is 0 Å². The zero-order valence-electron chi connectivity index (χ0n) is 10.9. The number of rotatable bonds is 1. The molecule has 1 aromatic rings. The van der Waals surface area contributed by atoms with Crippen molar-refractivity contribution in [2.24, 2.45) is 11.3 Å². The zero-order valence-corrected chi connectivity index (χ0v) is 11.6. The lowest BCUT2D eigenvalue weighted by Gasteiger charge is -2.34. The third-order valence-corrected chi connectivity index (χ3v) is 4.02. The van der Waals surface area contributed by atoms with Gasteiger partial charge in [0.15, 0.2) is 0 Å². The molecule has 0 amide bonds. The van der Waals surface area contributed by atoms with Crippen molar-refractivity contribution in [3.8, 4) is 0 Å². The Balaban J connectivity index is 2.37. The highest BCUT2D eigenvalue weighted by atomic mass is 35.5. The van der Waals surface area contributed by atoms with E-state index in [1.54, 1.807) is 6.07 Å². The van der Waals surface area contributed by atoms with Crippen LogP contribution in [0.5, 0.6) is 0 Å². The smallest absolute Gasteiger partial charge is 0.258 e. The number of hydrogen-bond donors (Lipinski definition) is 0. The van der Waals surface area contributed by atoms with Gasteiger partial charge in [-0.3, -0.25) is 10.1 Å². The highest BCUT2D eigenvalue weighted by Crippen LogP contribution is 2.38. The van der Waals surface area contributed by atoms with Gasteiger partial charge in [-0.25, -0.2) is 4.98 Å². The molecule has 1 heterocycles. The summed E-state index contributed by atoms with van der Waals surface area (Å²) < 4.78 is 0. The summed E-state index contributed by atoms with van der Waals surface area (Å²) >= 11 is 5.83. The number of halogens is 1. The molecule has 1 unspecified atom stereocenters. The molecule has 5 heteroatoms. The quantitative estimate of drug-likeness (QED) is 0.442. The molecule has 1 atom stereocenters. The first-order valence-electron chi connectivity index (χ1n) is 6.11. The van der Waals surface area contributed by atoms with Crippen molar-refractivity contribution in [3.63, 3.8) is 0 Å². The van der Waals surface area contributed by atoms with Crippen molar-refractivity contribution in [1.82, 2.24) is 4.98 Å². The first kappa shape index (κ1) is 13.3. The lowest BCUT2D eigenvalue weighted by molar-refractivity contribution is -0.385. The van der Waals surface area contributed by atoms with Crippen LogP contribution < -0.4 is 0 Å². The molecule has 0 aromatic carbocycles. The maximum Gasteiger partial charge on any atom is 0.306 e. The molecule has 0 fully saturated rings. The van der Waals surface area contributed by atoms with E-state index in [-0.39, 0.29) is 16.3 Å². The maximum absolute atomic E-state index is 10.9. The van der Waals surface area contributed by atoms with Crippen LogP contribution in [0.25, 0.3) is 0 Å². The van der Waals surface area contributed by atoms with E-state index >= 15 is 0 Å². The summed E-state index contributed by atoms with van der Waals surface area (Å²) in [6, 6.07) is 1.60. The first-order chi connectivity index (χ1) is 8.29. The van der Waals surface area contributed by atoms with Crippen molar-refractivity contribution < 1.29 is 4.92 Å². The van der Waals surface area contributed by atoms with Crippen LogP contribution in [0.15, 0.2) is 6.07 Å². The van der Waals surface area contributed by atoms with Gasteiger partial charge in [-0.05, 0) is 36.2 Å². The Morgan fingerprint density at radius 3 is 2.72 bits per heavy atom. The molecular weight excluding hydrogens is 252 g/mol. The Kier molecular flexibility index (Phi) is 3.32. The summed E-state index contributed by atoms with van der Waals surface area (Å²) in [5.74, 6) is 0.535. The van der Waals surface area contributed by atoms with Crippen LogP contribution in [-0.4, -0.2) is 9.91 Å². The lowest BCUT2D eigenvalue weighted by atomic mass is 9.71. The highest BCUT2D eigenvalue weighted by Gasteiger charge is 2.31. The van der Waals surface area contributed by atoms with Crippen LogP contribution in [0.4, 0.5) is 5.69 Å². The monoisotopic (exact) mass is 268 g/mol. The van der Waals surface area contributed by atoms with E-state index in [0.717, 1.165) is 30.5 Å². The van der Waals surface area contributed by atoms with Crippen molar-refractivity contribution in [3.05, 3.63) is 32.6 Å². The summed E-state index contributed by atoms with van der Waals surface area (Å²) in [4.78, 5) is 14.6. The third-order valence-electron chi connectivity index (χ3n) is 3.74. The molecular formula is C13H17ClN2O2. The van der Waals surface area contributed by atoms with Gasteiger partial charge in [0.25, 0.3) is 0 Å². The number of nitrogens with zero attached hydrogens (tertiary/aromatic N) is 2. The topological polar surface area (TPSA) is 56.0 Å². The van der Waals surface area contributed by atoms with Gasteiger partial charge in [-0.15, -0.1) is 0 Å². The molecule has 0 aliphatic heterocycles. The van der Waals surface area contributed by atoms with Crippen molar-refractivity contribution in [1.29, 1.82) is 0 Å². The lowest BCUT2D eigenvalue weighted by Crippen LogP contribution is -2.27. The van der Waals surface area contributed by atoms with E-state index in [0.29, 0.717) is 5.92 Å². The van der Waals surface area contributed by atoms with Gasteiger partial charge in [-0.1, -0.05) is 32.4 Å². The number of pyridine rings is 1. The Morgan fingerprint density at radius 1 is 1.50 bits per heavy atom. The highest BCUT2D eigenvalue weighted by molar-refractivity contribution is 6.31. The number of fused-ring (bicyclic) bond motifs is 1. The van der Waals surface area contributed by atoms with Gasteiger partial charge in [-0.2, -0.15) is 0 Å². The molecule has 0 saturated carbocycles. The average Bonchev–Trinajstić information content (AvgIpc) is 2.25. The number of aromatic nitrogens is 1. The maximum atomic E-state index is 10.9. The minimum atomic E-state index is -0.462. The molecule has 0 spiro atoms. The fourth-order valence-electron chi connectivity index (χ4n) is 2.49. The summed E-state index contributed by atoms with van der Waals surface area (Å²) in [6.07, 6.45) is 2.77. The van der Waals surface area contributed by atoms with Crippen LogP contribution in [0.2, 0.25) is 5.15 Å². The fraction of sp³-hybridized carbons (Fsp3) is 0.615. The second-order valence-corrected chi connectivity index (χ2v) is 6.32. The average molecular weight is 269 g/mol. The van der Waals surface area contributed by atoms with Gasteiger partial charge >= 0.3 is 5.69 Å². The second-order valence-electron chi connectivity index (χ2n) is 5.97. The third kappa shape index (κ3) is 2.48. The molecule has 0 bridgehead atoms. The Bertz CT molecular complexity index is 494. The number of aryl methyl sites for hydroxylation is 1. The van der Waals surface area contributed by atoms with Crippen molar-refractivity contribution in [2.75, 3.05) is 0 Å². The van der Waals surface area contributed by atoms with Gasteiger partial charge in [0.1, 0.15) is 0 Å². The summed E-state index contributed by atoms with van der Waals surface area (Å²) in [5.41, 5.74) is 2.04. The molecule has 2 rings (SSSR count). The van der Waals surface area contributed by atoms with Crippen LogP contribution in [0, 0.1) is 21.4 Å². The molecule has 0 saturated heterocycles. The largest absolute Gasteiger partial charge is 0.306 e.